The molecule has 0 radical (unpaired) electrons. The molecule has 10 heteroatoms. The molecule has 1 saturated carbocycles. The highest BCUT2D eigenvalue weighted by molar-refractivity contribution is 6.01. The van der Waals surface area contributed by atoms with Crippen molar-refractivity contribution >= 4 is 23.4 Å². The van der Waals surface area contributed by atoms with Crippen molar-refractivity contribution in [2.75, 3.05) is 43.6 Å². The summed E-state index contributed by atoms with van der Waals surface area (Å²) in [6, 6.07) is 8.02. The minimum Gasteiger partial charge on any atom is -0.463 e. The summed E-state index contributed by atoms with van der Waals surface area (Å²) < 4.78 is 5.48. The van der Waals surface area contributed by atoms with Gasteiger partial charge in [-0.1, -0.05) is 43.5 Å². The maximum Gasteiger partial charge on any atom is 0.433 e. The van der Waals surface area contributed by atoms with Gasteiger partial charge < -0.3 is 26.3 Å². The SMILES string of the molecule is Cc1cccc(-c2nc(/C(N)=N/C(=O)O)nc(NN3CCOCC3)c2NCC2CCC(C)CC2)c1. The Morgan fingerprint density at radius 1 is 1.23 bits per heavy atom. The Balaban J connectivity index is 1.76. The predicted molar refractivity (Wildman–Crippen MR) is 137 cm³/mol. The second kappa shape index (κ2) is 11.5. The zero-order valence-electron chi connectivity index (χ0n) is 20.5. The Hall–Kier alpha value is -3.24. The van der Waals surface area contributed by atoms with Crippen LogP contribution in [0.15, 0.2) is 29.3 Å². The molecule has 188 valence electrons. The molecule has 0 atom stereocenters. The van der Waals surface area contributed by atoms with Crippen molar-refractivity contribution in [3.8, 4) is 11.3 Å². The van der Waals surface area contributed by atoms with Crippen molar-refractivity contribution in [3.63, 3.8) is 0 Å². The number of carbonyl (C=O) groups is 1. The van der Waals surface area contributed by atoms with Gasteiger partial charge in [0.2, 0.25) is 0 Å². The van der Waals surface area contributed by atoms with Gasteiger partial charge in [0, 0.05) is 25.2 Å². The third-order valence-corrected chi connectivity index (χ3v) is 6.62. The van der Waals surface area contributed by atoms with Crippen LogP contribution in [0.5, 0.6) is 0 Å². The van der Waals surface area contributed by atoms with E-state index in [-0.39, 0.29) is 11.7 Å². The molecule has 2 aliphatic rings. The Kier molecular flexibility index (Phi) is 8.14. The van der Waals surface area contributed by atoms with Crippen molar-refractivity contribution in [1.29, 1.82) is 0 Å². The van der Waals surface area contributed by atoms with Gasteiger partial charge >= 0.3 is 6.09 Å². The Bertz CT molecular complexity index is 1060. The topological polar surface area (TPSA) is 138 Å². The van der Waals surface area contributed by atoms with E-state index in [2.05, 4.69) is 27.6 Å². The van der Waals surface area contributed by atoms with E-state index in [1.807, 2.05) is 36.2 Å². The van der Waals surface area contributed by atoms with Crippen LogP contribution in [-0.4, -0.2) is 64.9 Å². The summed E-state index contributed by atoms with van der Waals surface area (Å²) in [5, 5.41) is 14.8. The lowest BCUT2D eigenvalue weighted by molar-refractivity contribution is 0.0495. The summed E-state index contributed by atoms with van der Waals surface area (Å²) in [4.78, 5) is 23.9. The number of hydrogen-bond donors (Lipinski definition) is 4. The molecular formula is C25H35N7O3. The van der Waals surface area contributed by atoms with E-state index in [0.29, 0.717) is 43.7 Å². The van der Waals surface area contributed by atoms with E-state index >= 15 is 0 Å². The first-order valence-electron chi connectivity index (χ1n) is 12.3. The quantitative estimate of drug-likeness (QED) is 0.344. The molecule has 0 spiro atoms. The number of hydrazine groups is 1. The maximum atomic E-state index is 11.2. The minimum atomic E-state index is -1.39. The molecule has 1 aliphatic carbocycles. The van der Waals surface area contributed by atoms with Gasteiger partial charge in [-0.3, -0.25) is 0 Å². The monoisotopic (exact) mass is 481 g/mol. The van der Waals surface area contributed by atoms with Crippen molar-refractivity contribution in [2.24, 2.45) is 22.6 Å². The molecule has 2 aromatic rings. The number of aryl methyl sites for hydroxylation is 1. The molecule has 2 heterocycles. The summed E-state index contributed by atoms with van der Waals surface area (Å²) >= 11 is 0. The molecule has 0 unspecified atom stereocenters. The first-order chi connectivity index (χ1) is 16.9. The van der Waals surface area contributed by atoms with E-state index in [0.717, 1.165) is 29.3 Å². The van der Waals surface area contributed by atoms with Crippen molar-refractivity contribution in [2.45, 2.75) is 39.5 Å². The van der Waals surface area contributed by atoms with Crippen LogP contribution >= 0.6 is 0 Å². The van der Waals surface area contributed by atoms with E-state index in [9.17, 15) is 4.79 Å². The number of anilines is 2. The largest absolute Gasteiger partial charge is 0.463 e. The zero-order valence-corrected chi connectivity index (χ0v) is 20.5. The number of carboxylic acid groups (broad SMARTS) is 1. The summed E-state index contributed by atoms with van der Waals surface area (Å²) in [6.07, 6.45) is 3.48. The number of aliphatic imine (C=N–C) groups is 1. The van der Waals surface area contributed by atoms with Gasteiger partial charge in [-0.25, -0.2) is 19.8 Å². The Morgan fingerprint density at radius 3 is 2.66 bits per heavy atom. The normalized spacial score (nSPS) is 21.5. The summed E-state index contributed by atoms with van der Waals surface area (Å²) in [5.41, 5.74) is 12.8. The van der Waals surface area contributed by atoms with Gasteiger partial charge in [-0.05, 0) is 37.7 Å². The Labute approximate surface area is 206 Å². The third kappa shape index (κ3) is 6.67. The molecule has 1 amide bonds. The highest BCUT2D eigenvalue weighted by Crippen LogP contribution is 2.35. The third-order valence-electron chi connectivity index (χ3n) is 6.62. The highest BCUT2D eigenvalue weighted by Gasteiger charge is 2.23. The molecule has 5 N–H and O–H groups in total. The number of aromatic nitrogens is 2. The standard InChI is InChI=1S/C25H35N7O3/c1-16-6-8-18(9-7-16)15-27-21-20(19-5-3-4-17(2)14-19)28-24(22(26)29-25(33)34)30-23(21)31-32-10-12-35-13-11-32/h3-5,14,16,18,27H,6-13,15H2,1-2H3,(H2,26,29)(H,33,34)(H,28,30,31). The summed E-state index contributed by atoms with van der Waals surface area (Å²) in [7, 11) is 0. The molecule has 0 bridgehead atoms. The number of rotatable bonds is 7. The fourth-order valence-corrected chi connectivity index (χ4v) is 4.58. The molecule has 1 aromatic heterocycles. The van der Waals surface area contributed by atoms with Crippen LogP contribution in [0.25, 0.3) is 11.3 Å². The summed E-state index contributed by atoms with van der Waals surface area (Å²) in [5.74, 6) is 1.72. The first kappa shape index (κ1) is 24.9. The molecule has 10 nitrogen and oxygen atoms in total. The maximum absolute atomic E-state index is 11.2. The molecule has 4 rings (SSSR count). The van der Waals surface area contributed by atoms with E-state index in [1.165, 1.54) is 25.7 Å². The Morgan fingerprint density at radius 2 is 1.97 bits per heavy atom. The average Bonchev–Trinajstić information content (AvgIpc) is 2.84. The van der Waals surface area contributed by atoms with Crippen LogP contribution in [0.4, 0.5) is 16.3 Å². The van der Waals surface area contributed by atoms with Crippen LogP contribution in [0.3, 0.4) is 0 Å². The second-order valence-electron chi connectivity index (χ2n) is 9.49. The number of amidine groups is 1. The molecule has 1 aliphatic heterocycles. The number of nitrogens with zero attached hydrogens (tertiary/aromatic N) is 4. The van der Waals surface area contributed by atoms with E-state index in [1.54, 1.807) is 0 Å². The minimum absolute atomic E-state index is 0.0664. The number of nitrogens with one attached hydrogen (secondary N) is 2. The lowest BCUT2D eigenvalue weighted by atomic mass is 9.83. The van der Waals surface area contributed by atoms with Gasteiger partial charge in [-0.2, -0.15) is 4.99 Å². The second-order valence-corrected chi connectivity index (χ2v) is 9.49. The van der Waals surface area contributed by atoms with E-state index in [4.69, 9.17) is 20.6 Å². The number of hydrogen-bond acceptors (Lipinski definition) is 7. The fraction of sp³-hybridized carbons (Fsp3) is 0.520. The predicted octanol–water partition coefficient (Wildman–Crippen LogP) is 3.73. The van der Waals surface area contributed by atoms with Crippen LogP contribution in [0, 0.1) is 18.8 Å². The zero-order chi connectivity index (χ0) is 24.8. The van der Waals surface area contributed by atoms with Crippen molar-refractivity contribution in [3.05, 3.63) is 35.7 Å². The van der Waals surface area contributed by atoms with Crippen LogP contribution < -0.4 is 16.5 Å². The molecule has 2 fully saturated rings. The van der Waals surface area contributed by atoms with Crippen molar-refractivity contribution < 1.29 is 14.6 Å². The van der Waals surface area contributed by atoms with E-state index < -0.39 is 6.09 Å². The van der Waals surface area contributed by atoms with Gasteiger partial charge in [0.05, 0.1) is 18.9 Å². The van der Waals surface area contributed by atoms with Crippen LogP contribution in [0.1, 0.15) is 44.0 Å². The number of ether oxygens (including phenoxy) is 1. The average molecular weight is 482 g/mol. The highest BCUT2D eigenvalue weighted by atomic mass is 16.5. The number of morpholine rings is 1. The lowest BCUT2D eigenvalue weighted by Crippen LogP contribution is -2.41. The van der Waals surface area contributed by atoms with Crippen molar-refractivity contribution in [1.82, 2.24) is 15.0 Å². The van der Waals surface area contributed by atoms with Gasteiger partial charge in [0.15, 0.2) is 17.5 Å². The first-order valence-corrected chi connectivity index (χ1v) is 12.3. The van der Waals surface area contributed by atoms with Crippen LogP contribution in [-0.2, 0) is 4.74 Å². The molecule has 35 heavy (non-hydrogen) atoms. The van der Waals surface area contributed by atoms with Gasteiger partial charge in [0.1, 0.15) is 5.69 Å². The molecular weight excluding hydrogens is 446 g/mol. The van der Waals surface area contributed by atoms with Gasteiger partial charge in [-0.15, -0.1) is 0 Å². The fourth-order valence-electron chi connectivity index (χ4n) is 4.58. The van der Waals surface area contributed by atoms with Gasteiger partial charge in [0.25, 0.3) is 0 Å². The smallest absolute Gasteiger partial charge is 0.433 e. The summed E-state index contributed by atoms with van der Waals surface area (Å²) in [6.45, 7) is 7.76. The molecule has 1 aromatic carbocycles. The molecule has 1 saturated heterocycles. The number of nitrogens with two attached hydrogens (primary N) is 1. The van der Waals surface area contributed by atoms with Crippen LogP contribution in [0.2, 0.25) is 0 Å². The number of amides is 1. The lowest BCUT2D eigenvalue weighted by Gasteiger charge is -2.30. The number of benzene rings is 1.